The number of alkyl halides is 1. The maximum Gasteiger partial charge on any atom is 0.261 e. The van der Waals surface area contributed by atoms with Crippen molar-refractivity contribution >= 4 is 24.5 Å². The highest BCUT2D eigenvalue weighted by Crippen LogP contribution is 2.38. The van der Waals surface area contributed by atoms with Crippen molar-refractivity contribution in [1.29, 1.82) is 0 Å². The molecular formula is C23H29FO4Si. The smallest absolute Gasteiger partial charge is 0.261 e. The normalized spacial score (nSPS) is 25.4. The minimum Gasteiger partial charge on any atom is -0.404 e. The molecule has 2 aromatic carbocycles. The fourth-order valence-corrected chi connectivity index (χ4v) is 8.68. The van der Waals surface area contributed by atoms with Crippen LogP contribution in [0.1, 0.15) is 27.7 Å². The number of carbonyl (C=O) groups excluding carboxylic acids is 1. The van der Waals surface area contributed by atoms with Crippen LogP contribution in [0.25, 0.3) is 0 Å². The second kappa shape index (κ2) is 8.11. The Hall–Kier alpha value is -1.86. The number of ketones is 1. The summed E-state index contributed by atoms with van der Waals surface area (Å²) in [6.07, 6.45) is -2.22. The van der Waals surface area contributed by atoms with E-state index in [0.717, 1.165) is 10.4 Å². The molecule has 3 atom stereocenters. The van der Waals surface area contributed by atoms with Gasteiger partial charge in [-0.3, -0.25) is 4.79 Å². The van der Waals surface area contributed by atoms with Gasteiger partial charge < -0.3 is 13.9 Å². The molecule has 29 heavy (non-hydrogen) atoms. The highest BCUT2D eigenvalue weighted by molar-refractivity contribution is 6.99. The molecule has 1 unspecified atom stereocenters. The third-order valence-corrected chi connectivity index (χ3v) is 10.6. The van der Waals surface area contributed by atoms with Crippen molar-refractivity contribution in [2.75, 3.05) is 13.7 Å². The summed E-state index contributed by atoms with van der Waals surface area (Å²) in [5.74, 6) is -0.637. The van der Waals surface area contributed by atoms with Crippen LogP contribution in [0.4, 0.5) is 4.39 Å². The molecule has 1 saturated heterocycles. The number of benzene rings is 2. The highest BCUT2D eigenvalue weighted by atomic mass is 28.4. The Morgan fingerprint density at radius 3 is 1.90 bits per heavy atom. The first-order chi connectivity index (χ1) is 13.6. The molecule has 0 radical (unpaired) electrons. The second-order valence-electron chi connectivity index (χ2n) is 8.61. The van der Waals surface area contributed by atoms with E-state index < -0.39 is 32.2 Å². The van der Waals surface area contributed by atoms with Crippen LogP contribution in [-0.2, 0) is 18.7 Å². The van der Waals surface area contributed by atoms with E-state index >= 15 is 0 Å². The molecule has 0 spiro atoms. The van der Waals surface area contributed by atoms with Crippen LogP contribution < -0.4 is 10.4 Å². The molecule has 1 aliphatic heterocycles. The van der Waals surface area contributed by atoms with Crippen molar-refractivity contribution in [3.05, 3.63) is 60.7 Å². The largest absolute Gasteiger partial charge is 0.404 e. The molecule has 6 heteroatoms. The van der Waals surface area contributed by atoms with E-state index in [1.54, 1.807) is 0 Å². The predicted octanol–water partition coefficient (Wildman–Crippen LogP) is 3.23. The average molecular weight is 417 g/mol. The molecule has 1 aliphatic rings. The summed E-state index contributed by atoms with van der Waals surface area (Å²) in [7, 11) is -1.49. The zero-order valence-electron chi connectivity index (χ0n) is 17.6. The summed E-state index contributed by atoms with van der Waals surface area (Å²) >= 11 is 0. The summed E-state index contributed by atoms with van der Waals surface area (Å²) in [5, 5.41) is 1.95. The molecule has 0 N–H and O–H groups in total. The van der Waals surface area contributed by atoms with E-state index in [0.29, 0.717) is 0 Å². The van der Waals surface area contributed by atoms with Crippen LogP contribution in [0.15, 0.2) is 60.7 Å². The van der Waals surface area contributed by atoms with Gasteiger partial charge in [-0.2, -0.15) is 0 Å². The van der Waals surface area contributed by atoms with Crippen LogP contribution in [0.2, 0.25) is 5.04 Å². The van der Waals surface area contributed by atoms with Gasteiger partial charge in [-0.15, -0.1) is 0 Å². The van der Waals surface area contributed by atoms with E-state index in [9.17, 15) is 9.18 Å². The van der Waals surface area contributed by atoms with Crippen LogP contribution in [0, 0.1) is 0 Å². The van der Waals surface area contributed by atoms with Crippen LogP contribution in [0.5, 0.6) is 0 Å². The van der Waals surface area contributed by atoms with E-state index in [1.807, 2.05) is 36.4 Å². The molecule has 156 valence electrons. The van der Waals surface area contributed by atoms with Gasteiger partial charge in [0.25, 0.3) is 8.32 Å². The van der Waals surface area contributed by atoms with Gasteiger partial charge in [0.1, 0.15) is 6.10 Å². The zero-order chi connectivity index (χ0) is 21.3. The Morgan fingerprint density at radius 2 is 1.52 bits per heavy atom. The lowest BCUT2D eigenvalue weighted by Gasteiger charge is -2.43. The SMILES string of the molecule is COC1O[C@H](CO[Si](c2ccccc2)(c2ccccc2)C(C)(C)C)C(=O)[C@@]1(C)F. The summed E-state index contributed by atoms with van der Waals surface area (Å²) in [4.78, 5) is 12.6. The topological polar surface area (TPSA) is 44.8 Å². The van der Waals surface area contributed by atoms with Gasteiger partial charge in [0, 0.05) is 7.11 Å². The molecule has 1 fully saturated rings. The van der Waals surface area contributed by atoms with E-state index in [-0.39, 0.29) is 11.6 Å². The zero-order valence-corrected chi connectivity index (χ0v) is 18.6. The first-order valence-electron chi connectivity index (χ1n) is 9.81. The molecule has 0 amide bonds. The molecule has 0 aliphatic carbocycles. The fraction of sp³-hybridized carbons (Fsp3) is 0.435. The lowest BCUT2D eigenvalue weighted by Crippen LogP contribution is -2.67. The van der Waals surface area contributed by atoms with Crippen molar-refractivity contribution in [1.82, 2.24) is 0 Å². The monoisotopic (exact) mass is 416 g/mol. The number of hydrogen-bond donors (Lipinski definition) is 0. The fourth-order valence-electron chi connectivity index (χ4n) is 4.12. The first-order valence-corrected chi connectivity index (χ1v) is 11.7. The maximum atomic E-state index is 14.8. The minimum absolute atomic E-state index is 0.0223. The Balaban J connectivity index is 2.02. The van der Waals surface area contributed by atoms with Gasteiger partial charge >= 0.3 is 0 Å². The van der Waals surface area contributed by atoms with Crippen molar-refractivity contribution in [2.45, 2.75) is 50.8 Å². The molecule has 2 aromatic rings. The number of ether oxygens (including phenoxy) is 2. The quantitative estimate of drug-likeness (QED) is 0.679. The maximum absolute atomic E-state index is 14.8. The third kappa shape index (κ3) is 3.82. The Labute approximate surface area is 173 Å². The van der Waals surface area contributed by atoms with Crippen LogP contribution in [-0.4, -0.2) is 45.9 Å². The predicted molar refractivity (Wildman–Crippen MR) is 114 cm³/mol. The Bertz CT molecular complexity index is 793. The van der Waals surface area contributed by atoms with E-state index in [1.165, 1.54) is 14.0 Å². The summed E-state index contributed by atoms with van der Waals surface area (Å²) < 4.78 is 32.1. The highest BCUT2D eigenvalue weighted by Gasteiger charge is 2.56. The molecule has 0 saturated carbocycles. The summed E-state index contributed by atoms with van der Waals surface area (Å²) in [6.45, 7) is 7.62. The van der Waals surface area contributed by atoms with Gasteiger partial charge in [0.15, 0.2) is 6.29 Å². The lowest BCUT2D eigenvalue weighted by atomic mass is 10.0. The van der Waals surface area contributed by atoms with Gasteiger partial charge in [-0.25, -0.2) is 4.39 Å². The van der Waals surface area contributed by atoms with Crippen molar-refractivity contribution in [3.8, 4) is 0 Å². The lowest BCUT2D eigenvalue weighted by molar-refractivity contribution is -0.162. The number of rotatable bonds is 6. The number of halogens is 1. The average Bonchev–Trinajstić information content (AvgIpc) is 2.92. The number of carbonyl (C=O) groups is 1. The van der Waals surface area contributed by atoms with E-state index in [2.05, 4.69) is 45.0 Å². The molecule has 1 heterocycles. The molecule has 0 bridgehead atoms. The van der Waals surface area contributed by atoms with Crippen LogP contribution >= 0.6 is 0 Å². The molecule has 3 rings (SSSR count). The summed E-state index contributed by atoms with van der Waals surface area (Å²) in [6, 6.07) is 20.2. The van der Waals surface area contributed by atoms with E-state index in [4.69, 9.17) is 13.9 Å². The van der Waals surface area contributed by atoms with Crippen LogP contribution in [0.3, 0.4) is 0 Å². The first kappa shape index (κ1) is 21.8. The number of methoxy groups -OCH3 is 1. The molecular weight excluding hydrogens is 387 g/mol. The molecule has 0 aromatic heterocycles. The Morgan fingerprint density at radius 1 is 1.03 bits per heavy atom. The van der Waals surface area contributed by atoms with Gasteiger partial charge in [0.05, 0.1) is 6.61 Å². The van der Waals surface area contributed by atoms with Gasteiger partial charge in [-0.1, -0.05) is 81.4 Å². The van der Waals surface area contributed by atoms with Gasteiger partial charge in [0.2, 0.25) is 11.5 Å². The number of hydrogen-bond acceptors (Lipinski definition) is 4. The van der Waals surface area contributed by atoms with Gasteiger partial charge in [-0.05, 0) is 22.3 Å². The standard InChI is InChI=1S/C23H29FO4Si/c1-22(2,3)29(17-12-8-6-9-13-17,18-14-10-7-11-15-18)27-16-19-20(25)23(4,24)21(26-5)28-19/h6-15,19,21H,16H2,1-5H3/t19-,21?,23-/m1/s1. The van der Waals surface area contributed by atoms with Crippen molar-refractivity contribution in [3.63, 3.8) is 0 Å². The number of Topliss-reactive ketones (excluding diaryl/α,β-unsaturated/α-hetero) is 1. The Kier molecular flexibility index (Phi) is 6.10. The second-order valence-corrected chi connectivity index (χ2v) is 12.9. The van der Waals surface area contributed by atoms with Crippen molar-refractivity contribution < 1.29 is 23.1 Å². The van der Waals surface area contributed by atoms with Crippen molar-refractivity contribution in [2.24, 2.45) is 0 Å². The summed E-state index contributed by atoms with van der Waals surface area (Å²) in [5.41, 5.74) is -2.19. The molecule has 4 nitrogen and oxygen atoms in total. The third-order valence-electron chi connectivity index (χ3n) is 5.59. The minimum atomic E-state index is -2.82.